The molecule has 5 heteroatoms. The van der Waals surface area contributed by atoms with Gasteiger partial charge in [0.2, 0.25) is 0 Å². The molecular formula is C10H13N5. The van der Waals surface area contributed by atoms with Crippen molar-refractivity contribution in [3.63, 3.8) is 0 Å². The molecule has 0 atom stereocenters. The Kier molecular flexibility index (Phi) is 2.37. The van der Waals surface area contributed by atoms with Gasteiger partial charge in [-0.2, -0.15) is 14.6 Å². The summed E-state index contributed by atoms with van der Waals surface area (Å²) in [4.78, 5) is 8.42. The number of hydrogen-bond acceptors (Lipinski definition) is 4. The van der Waals surface area contributed by atoms with Gasteiger partial charge in [-0.1, -0.05) is 13.0 Å². The Morgan fingerprint density at radius 1 is 1.60 bits per heavy atom. The lowest BCUT2D eigenvalue weighted by atomic mass is 10.1. The van der Waals surface area contributed by atoms with Gasteiger partial charge in [0.15, 0.2) is 0 Å². The van der Waals surface area contributed by atoms with Crippen LogP contribution in [-0.4, -0.2) is 19.6 Å². The van der Waals surface area contributed by atoms with E-state index in [4.69, 9.17) is 5.73 Å². The van der Waals surface area contributed by atoms with Gasteiger partial charge in [-0.15, -0.1) is 6.58 Å². The number of aromatic nitrogens is 4. The predicted octanol–water partition coefficient (Wildman–Crippen LogP) is 0.997. The summed E-state index contributed by atoms with van der Waals surface area (Å²) in [5.41, 5.74) is 7.96. The first-order valence-electron chi connectivity index (χ1n) is 4.85. The highest BCUT2D eigenvalue weighted by Gasteiger charge is 2.11. The fraction of sp³-hybridized carbons (Fsp3) is 0.300. The summed E-state index contributed by atoms with van der Waals surface area (Å²) in [7, 11) is 0. The van der Waals surface area contributed by atoms with E-state index in [0.717, 1.165) is 17.7 Å². The molecule has 5 nitrogen and oxygen atoms in total. The molecular weight excluding hydrogens is 190 g/mol. The van der Waals surface area contributed by atoms with Crippen LogP contribution in [0.2, 0.25) is 0 Å². The molecule has 2 heterocycles. The minimum absolute atomic E-state index is 0.553. The van der Waals surface area contributed by atoms with Gasteiger partial charge >= 0.3 is 0 Å². The maximum Gasteiger partial charge on any atom is 0.254 e. The highest BCUT2D eigenvalue weighted by molar-refractivity contribution is 5.50. The van der Waals surface area contributed by atoms with Crippen LogP contribution in [-0.2, 0) is 12.8 Å². The minimum atomic E-state index is 0.553. The number of aryl methyl sites for hydroxylation is 1. The maximum absolute atomic E-state index is 6.00. The van der Waals surface area contributed by atoms with E-state index in [9.17, 15) is 0 Å². The van der Waals surface area contributed by atoms with Crippen molar-refractivity contribution in [1.82, 2.24) is 19.6 Å². The van der Waals surface area contributed by atoms with Crippen molar-refractivity contribution in [1.29, 1.82) is 0 Å². The number of nitrogens with two attached hydrogens (primary N) is 1. The molecule has 2 N–H and O–H groups in total. The topological polar surface area (TPSA) is 69.1 Å². The maximum atomic E-state index is 6.00. The van der Waals surface area contributed by atoms with Gasteiger partial charge in [-0.3, -0.25) is 0 Å². The standard InChI is InChI=1S/C10H13N5/c1-3-5-7-8(4-2)14-10-12-6-13-15(10)9(7)11/h3,6H,1,4-5,11H2,2H3. The van der Waals surface area contributed by atoms with Crippen LogP contribution in [0.3, 0.4) is 0 Å². The molecule has 0 aliphatic heterocycles. The third-order valence-corrected chi connectivity index (χ3v) is 2.33. The third kappa shape index (κ3) is 1.45. The molecule has 2 aromatic rings. The Bertz CT molecular complexity index is 500. The Morgan fingerprint density at radius 2 is 2.40 bits per heavy atom. The zero-order valence-electron chi connectivity index (χ0n) is 8.64. The normalized spacial score (nSPS) is 10.7. The quantitative estimate of drug-likeness (QED) is 0.755. The van der Waals surface area contributed by atoms with Crippen molar-refractivity contribution in [2.75, 3.05) is 5.73 Å². The smallest absolute Gasteiger partial charge is 0.254 e. The van der Waals surface area contributed by atoms with E-state index in [1.54, 1.807) is 4.52 Å². The second-order valence-corrected chi connectivity index (χ2v) is 3.24. The number of allylic oxidation sites excluding steroid dienone is 1. The molecule has 2 aromatic heterocycles. The molecule has 0 saturated carbocycles. The molecule has 0 aliphatic carbocycles. The molecule has 0 radical (unpaired) electrons. The van der Waals surface area contributed by atoms with Crippen molar-refractivity contribution in [2.24, 2.45) is 0 Å². The monoisotopic (exact) mass is 203 g/mol. The summed E-state index contributed by atoms with van der Waals surface area (Å²) in [5.74, 6) is 1.16. The van der Waals surface area contributed by atoms with Crippen LogP contribution < -0.4 is 5.73 Å². The van der Waals surface area contributed by atoms with Crippen LogP contribution >= 0.6 is 0 Å². The molecule has 0 saturated heterocycles. The van der Waals surface area contributed by atoms with Crippen LogP contribution in [0.15, 0.2) is 19.0 Å². The van der Waals surface area contributed by atoms with Crippen molar-refractivity contribution in [3.05, 3.63) is 30.2 Å². The highest BCUT2D eigenvalue weighted by atomic mass is 15.3. The van der Waals surface area contributed by atoms with Crippen molar-refractivity contribution in [3.8, 4) is 0 Å². The molecule has 0 aromatic carbocycles. The molecule has 2 rings (SSSR count). The van der Waals surface area contributed by atoms with E-state index in [1.807, 2.05) is 13.0 Å². The number of nitrogens with zero attached hydrogens (tertiary/aromatic N) is 4. The van der Waals surface area contributed by atoms with Crippen molar-refractivity contribution >= 4 is 11.6 Å². The zero-order chi connectivity index (χ0) is 10.8. The number of hydrogen-bond donors (Lipinski definition) is 1. The summed E-state index contributed by atoms with van der Waals surface area (Å²) in [6.07, 6.45) is 4.81. The fourth-order valence-electron chi connectivity index (χ4n) is 1.60. The molecule has 0 amide bonds. The van der Waals surface area contributed by atoms with Gasteiger partial charge < -0.3 is 5.73 Å². The van der Waals surface area contributed by atoms with E-state index in [0.29, 0.717) is 18.0 Å². The van der Waals surface area contributed by atoms with Crippen LogP contribution in [0.25, 0.3) is 5.78 Å². The van der Waals surface area contributed by atoms with E-state index >= 15 is 0 Å². The summed E-state index contributed by atoms with van der Waals surface area (Å²) in [6, 6.07) is 0. The Hall–Kier alpha value is -1.91. The number of anilines is 1. The second-order valence-electron chi connectivity index (χ2n) is 3.24. The van der Waals surface area contributed by atoms with E-state index in [1.165, 1.54) is 6.33 Å². The Balaban J connectivity index is 2.73. The lowest BCUT2D eigenvalue weighted by molar-refractivity contribution is 0.894. The highest BCUT2D eigenvalue weighted by Crippen LogP contribution is 2.17. The molecule has 0 aliphatic rings. The fourth-order valence-corrected chi connectivity index (χ4v) is 1.60. The number of rotatable bonds is 3. The molecule has 0 spiro atoms. The summed E-state index contributed by atoms with van der Waals surface area (Å²) < 4.78 is 1.55. The van der Waals surface area contributed by atoms with Gasteiger partial charge in [0.05, 0.1) is 5.69 Å². The molecule has 0 unspecified atom stereocenters. The van der Waals surface area contributed by atoms with E-state index in [-0.39, 0.29) is 0 Å². The van der Waals surface area contributed by atoms with Crippen LogP contribution in [0.4, 0.5) is 5.82 Å². The van der Waals surface area contributed by atoms with Gasteiger partial charge in [0.1, 0.15) is 12.1 Å². The number of fused-ring (bicyclic) bond motifs is 1. The Morgan fingerprint density at radius 3 is 3.07 bits per heavy atom. The predicted molar refractivity (Wildman–Crippen MR) is 58.5 cm³/mol. The molecule has 0 bridgehead atoms. The zero-order valence-corrected chi connectivity index (χ0v) is 8.64. The van der Waals surface area contributed by atoms with Gasteiger partial charge in [0.25, 0.3) is 5.78 Å². The van der Waals surface area contributed by atoms with Crippen LogP contribution in [0.1, 0.15) is 18.2 Å². The number of nitrogen functional groups attached to an aromatic ring is 1. The minimum Gasteiger partial charge on any atom is -0.383 e. The van der Waals surface area contributed by atoms with Gasteiger partial charge in [-0.05, 0) is 12.8 Å². The van der Waals surface area contributed by atoms with Crippen LogP contribution in [0, 0.1) is 0 Å². The molecule has 15 heavy (non-hydrogen) atoms. The summed E-state index contributed by atoms with van der Waals surface area (Å²) in [6.45, 7) is 5.75. The average molecular weight is 203 g/mol. The van der Waals surface area contributed by atoms with E-state index in [2.05, 4.69) is 21.6 Å². The first-order valence-corrected chi connectivity index (χ1v) is 4.85. The molecule has 78 valence electrons. The van der Waals surface area contributed by atoms with Gasteiger partial charge in [0, 0.05) is 5.56 Å². The first kappa shape index (κ1) is 9.64. The first-order chi connectivity index (χ1) is 7.27. The van der Waals surface area contributed by atoms with Crippen LogP contribution in [0.5, 0.6) is 0 Å². The van der Waals surface area contributed by atoms with E-state index < -0.39 is 0 Å². The van der Waals surface area contributed by atoms with Crippen molar-refractivity contribution in [2.45, 2.75) is 19.8 Å². The SMILES string of the molecule is C=CCc1c(CC)nc2ncnn2c1N. The lowest BCUT2D eigenvalue weighted by Gasteiger charge is -2.09. The third-order valence-electron chi connectivity index (χ3n) is 2.33. The Labute approximate surface area is 87.7 Å². The largest absolute Gasteiger partial charge is 0.383 e. The average Bonchev–Trinajstić information content (AvgIpc) is 2.70. The molecule has 0 fully saturated rings. The van der Waals surface area contributed by atoms with Gasteiger partial charge in [-0.25, -0.2) is 4.98 Å². The summed E-state index contributed by atoms with van der Waals surface area (Å²) in [5, 5.41) is 4.02. The lowest BCUT2D eigenvalue weighted by Crippen LogP contribution is -2.09. The summed E-state index contributed by atoms with van der Waals surface area (Å²) >= 11 is 0. The second kappa shape index (κ2) is 3.68. The van der Waals surface area contributed by atoms with Crippen molar-refractivity contribution < 1.29 is 0 Å².